The summed E-state index contributed by atoms with van der Waals surface area (Å²) >= 11 is 5.84. The summed E-state index contributed by atoms with van der Waals surface area (Å²) in [5, 5.41) is 15.1. The van der Waals surface area contributed by atoms with Crippen LogP contribution in [0.4, 0.5) is 11.8 Å². The van der Waals surface area contributed by atoms with Gasteiger partial charge in [-0.15, -0.1) is 5.10 Å². The Bertz CT molecular complexity index is 553. The molecule has 0 atom stereocenters. The molecule has 0 saturated heterocycles. The number of benzene rings is 1. The van der Waals surface area contributed by atoms with E-state index in [2.05, 4.69) is 25.8 Å². The van der Waals surface area contributed by atoms with Crippen molar-refractivity contribution in [2.45, 2.75) is 25.4 Å². The van der Waals surface area contributed by atoms with E-state index in [1.54, 1.807) is 6.20 Å². The van der Waals surface area contributed by atoms with Crippen molar-refractivity contribution >= 4 is 23.4 Å². The average Bonchev–Trinajstić information content (AvgIpc) is 3.23. The molecule has 0 aliphatic heterocycles. The van der Waals surface area contributed by atoms with Crippen LogP contribution in [0.2, 0.25) is 5.02 Å². The molecule has 0 radical (unpaired) electrons. The molecule has 0 amide bonds. The van der Waals surface area contributed by atoms with Crippen molar-refractivity contribution in [3.8, 4) is 0 Å². The van der Waals surface area contributed by atoms with Crippen molar-refractivity contribution in [3.05, 3.63) is 41.0 Å². The van der Waals surface area contributed by atoms with Gasteiger partial charge in [-0.25, -0.2) is 0 Å². The van der Waals surface area contributed by atoms with Gasteiger partial charge in [0.25, 0.3) is 0 Å². The Morgan fingerprint density at radius 1 is 1.21 bits per heavy atom. The van der Waals surface area contributed by atoms with Gasteiger partial charge in [-0.2, -0.15) is 10.1 Å². The predicted octanol–water partition coefficient (Wildman–Crippen LogP) is 2.71. The van der Waals surface area contributed by atoms with Gasteiger partial charge < -0.3 is 10.6 Å². The lowest BCUT2D eigenvalue weighted by atomic mass is 10.2. The number of hydrogen-bond acceptors (Lipinski definition) is 5. The van der Waals surface area contributed by atoms with E-state index in [0.29, 0.717) is 18.5 Å². The molecule has 1 aliphatic carbocycles. The fourth-order valence-electron chi connectivity index (χ4n) is 1.67. The zero-order valence-electron chi connectivity index (χ0n) is 10.3. The Morgan fingerprint density at radius 3 is 2.74 bits per heavy atom. The van der Waals surface area contributed by atoms with E-state index >= 15 is 0 Å². The van der Waals surface area contributed by atoms with Crippen molar-refractivity contribution < 1.29 is 0 Å². The molecule has 1 saturated carbocycles. The monoisotopic (exact) mass is 275 g/mol. The van der Waals surface area contributed by atoms with Crippen LogP contribution in [0.25, 0.3) is 0 Å². The lowest BCUT2D eigenvalue weighted by Gasteiger charge is -2.06. The minimum Gasteiger partial charge on any atom is -0.366 e. The Morgan fingerprint density at radius 2 is 2.00 bits per heavy atom. The summed E-state index contributed by atoms with van der Waals surface area (Å²) in [5.74, 6) is 1.30. The summed E-state index contributed by atoms with van der Waals surface area (Å²) in [6.45, 7) is 0.645. The van der Waals surface area contributed by atoms with Crippen LogP contribution in [0, 0.1) is 0 Å². The Labute approximate surface area is 116 Å². The first-order valence-corrected chi connectivity index (χ1v) is 6.62. The molecule has 19 heavy (non-hydrogen) atoms. The summed E-state index contributed by atoms with van der Waals surface area (Å²) in [7, 11) is 0. The molecular weight excluding hydrogens is 262 g/mol. The van der Waals surface area contributed by atoms with Gasteiger partial charge in [0.05, 0.1) is 6.20 Å². The highest BCUT2D eigenvalue weighted by Gasteiger charge is 2.21. The number of rotatable bonds is 5. The third-order valence-electron chi connectivity index (χ3n) is 2.85. The van der Waals surface area contributed by atoms with E-state index in [9.17, 15) is 0 Å². The highest BCUT2D eigenvalue weighted by molar-refractivity contribution is 6.30. The second-order valence-electron chi connectivity index (χ2n) is 4.56. The third-order valence-corrected chi connectivity index (χ3v) is 3.10. The van der Waals surface area contributed by atoms with Gasteiger partial charge >= 0.3 is 0 Å². The van der Waals surface area contributed by atoms with E-state index in [1.807, 2.05) is 24.3 Å². The summed E-state index contributed by atoms with van der Waals surface area (Å²) in [6.07, 6.45) is 4.06. The molecule has 1 fully saturated rings. The van der Waals surface area contributed by atoms with Crippen LogP contribution >= 0.6 is 11.6 Å². The maximum Gasteiger partial charge on any atom is 0.244 e. The zero-order valence-corrected chi connectivity index (χ0v) is 11.1. The summed E-state index contributed by atoms with van der Waals surface area (Å²) in [6, 6.07) is 8.22. The lowest BCUT2D eigenvalue weighted by Crippen LogP contribution is -2.09. The molecule has 98 valence electrons. The minimum atomic E-state index is 0.528. The second kappa shape index (κ2) is 5.40. The highest BCUT2D eigenvalue weighted by atomic mass is 35.5. The standard InChI is InChI=1S/C13H14ClN5/c14-10-3-1-9(2-4-10)7-15-13-18-12(8-16-19-13)17-11-5-6-11/h1-4,8,11H,5-7H2,(H2,15,17,18,19). The van der Waals surface area contributed by atoms with Crippen LogP contribution in [0.5, 0.6) is 0 Å². The number of hydrogen-bond donors (Lipinski definition) is 2. The van der Waals surface area contributed by atoms with Gasteiger partial charge in [0.15, 0.2) is 5.82 Å². The zero-order chi connectivity index (χ0) is 13.1. The number of nitrogens with zero attached hydrogens (tertiary/aromatic N) is 3. The van der Waals surface area contributed by atoms with Crippen molar-refractivity contribution in [2.75, 3.05) is 10.6 Å². The van der Waals surface area contributed by atoms with Crippen LogP contribution < -0.4 is 10.6 Å². The molecule has 1 aromatic heterocycles. The number of halogens is 1. The third kappa shape index (κ3) is 3.54. The first-order chi connectivity index (χ1) is 9.29. The number of nitrogens with one attached hydrogen (secondary N) is 2. The molecule has 0 bridgehead atoms. The highest BCUT2D eigenvalue weighted by Crippen LogP contribution is 2.23. The number of anilines is 2. The molecule has 0 unspecified atom stereocenters. The van der Waals surface area contributed by atoms with Crippen LogP contribution in [-0.4, -0.2) is 21.2 Å². The fraction of sp³-hybridized carbons (Fsp3) is 0.308. The molecule has 1 heterocycles. The summed E-state index contributed by atoms with van der Waals surface area (Å²) in [4.78, 5) is 4.36. The Balaban J connectivity index is 1.60. The van der Waals surface area contributed by atoms with E-state index in [4.69, 9.17) is 11.6 Å². The van der Waals surface area contributed by atoms with Gasteiger partial charge in [-0.3, -0.25) is 0 Å². The molecule has 2 aromatic rings. The minimum absolute atomic E-state index is 0.528. The Hall–Kier alpha value is -1.88. The van der Waals surface area contributed by atoms with Crippen molar-refractivity contribution in [1.82, 2.24) is 15.2 Å². The first-order valence-electron chi connectivity index (χ1n) is 6.24. The van der Waals surface area contributed by atoms with Crippen molar-refractivity contribution in [2.24, 2.45) is 0 Å². The van der Waals surface area contributed by atoms with E-state index in [1.165, 1.54) is 12.8 Å². The molecule has 1 aromatic carbocycles. The fourth-order valence-corrected chi connectivity index (χ4v) is 1.79. The van der Waals surface area contributed by atoms with Gasteiger partial charge in [0, 0.05) is 17.6 Å². The molecule has 3 rings (SSSR count). The van der Waals surface area contributed by atoms with Gasteiger partial charge in [0.2, 0.25) is 5.95 Å². The van der Waals surface area contributed by atoms with Crippen LogP contribution in [0.1, 0.15) is 18.4 Å². The molecule has 2 N–H and O–H groups in total. The van der Waals surface area contributed by atoms with E-state index < -0.39 is 0 Å². The molecular formula is C13H14ClN5. The average molecular weight is 276 g/mol. The van der Waals surface area contributed by atoms with Crippen LogP contribution in [-0.2, 0) is 6.54 Å². The largest absolute Gasteiger partial charge is 0.366 e. The van der Waals surface area contributed by atoms with E-state index in [0.717, 1.165) is 16.4 Å². The summed E-state index contributed by atoms with van der Waals surface area (Å²) in [5.41, 5.74) is 1.12. The van der Waals surface area contributed by atoms with Crippen molar-refractivity contribution in [3.63, 3.8) is 0 Å². The molecule has 6 heteroatoms. The van der Waals surface area contributed by atoms with Gasteiger partial charge in [-0.1, -0.05) is 23.7 Å². The van der Waals surface area contributed by atoms with Crippen LogP contribution in [0.15, 0.2) is 30.5 Å². The van der Waals surface area contributed by atoms with Gasteiger partial charge in [-0.05, 0) is 30.5 Å². The molecule has 1 aliphatic rings. The lowest BCUT2D eigenvalue weighted by molar-refractivity contribution is 0.937. The van der Waals surface area contributed by atoms with Crippen molar-refractivity contribution in [1.29, 1.82) is 0 Å². The SMILES string of the molecule is Clc1ccc(CNc2nncc(NC3CC3)n2)cc1. The topological polar surface area (TPSA) is 62.7 Å². The number of aromatic nitrogens is 3. The second-order valence-corrected chi connectivity index (χ2v) is 5.00. The maximum atomic E-state index is 5.84. The quantitative estimate of drug-likeness (QED) is 0.878. The van der Waals surface area contributed by atoms with E-state index in [-0.39, 0.29) is 0 Å². The Kier molecular flexibility index (Phi) is 3.46. The normalized spacial score (nSPS) is 14.2. The smallest absolute Gasteiger partial charge is 0.244 e. The molecule has 0 spiro atoms. The van der Waals surface area contributed by atoms with Crippen LogP contribution in [0.3, 0.4) is 0 Å². The summed E-state index contributed by atoms with van der Waals surface area (Å²) < 4.78 is 0. The van der Waals surface area contributed by atoms with Gasteiger partial charge in [0.1, 0.15) is 0 Å². The molecule has 5 nitrogen and oxygen atoms in total. The first kappa shape index (κ1) is 12.2. The predicted molar refractivity (Wildman–Crippen MR) is 75.3 cm³/mol. The maximum absolute atomic E-state index is 5.84.